The third-order valence-electron chi connectivity index (χ3n) is 0.501. The molecule has 42 valence electrons. The summed E-state index contributed by atoms with van der Waals surface area (Å²) in [5.41, 5.74) is 5.05. The average Bonchev–Trinajstić information content (AvgIpc) is 1.27. The number of rotatable bonds is 2. The molecule has 3 N–H and O–H groups in total. The third-order valence-corrected chi connectivity index (χ3v) is 0.825. The van der Waals surface area contributed by atoms with Gasteiger partial charge in [0.05, 0.1) is 5.84 Å². The maximum absolute atomic E-state index is 6.77. The SMILES string of the molecule is CC(Br)CC(=N)N. The fourth-order valence-electron chi connectivity index (χ4n) is 0.303. The number of hydrogen-bond donors (Lipinski definition) is 2. The van der Waals surface area contributed by atoms with Crippen molar-refractivity contribution in [2.75, 3.05) is 0 Å². The summed E-state index contributed by atoms with van der Waals surface area (Å²) in [6, 6.07) is 0. The second-order valence-corrected chi connectivity index (χ2v) is 3.07. The quantitative estimate of drug-likeness (QED) is 0.359. The van der Waals surface area contributed by atoms with E-state index in [1.165, 1.54) is 0 Å². The highest BCUT2D eigenvalue weighted by Crippen LogP contribution is 2.00. The lowest BCUT2D eigenvalue weighted by atomic mass is 10.3. The van der Waals surface area contributed by atoms with Crippen LogP contribution in [0.3, 0.4) is 0 Å². The second-order valence-electron chi connectivity index (χ2n) is 1.51. The lowest BCUT2D eigenvalue weighted by Gasteiger charge is -1.96. The van der Waals surface area contributed by atoms with Crippen LogP contribution >= 0.6 is 15.9 Å². The van der Waals surface area contributed by atoms with Crippen molar-refractivity contribution in [2.45, 2.75) is 18.2 Å². The Bertz CT molecular complexity index is 70.1. The fraction of sp³-hybridized carbons (Fsp3) is 0.750. The highest BCUT2D eigenvalue weighted by Gasteiger charge is 1.94. The van der Waals surface area contributed by atoms with Crippen molar-refractivity contribution >= 4 is 21.8 Å². The van der Waals surface area contributed by atoms with E-state index in [0.717, 1.165) is 0 Å². The molecule has 0 bridgehead atoms. The molecular weight excluding hydrogens is 156 g/mol. The molecule has 0 saturated carbocycles. The highest BCUT2D eigenvalue weighted by atomic mass is 79.9. The van der Waals surface area contributed by atoms with Gasteiger partial charge in [-0.2, -0.15) is 0 Å². The minimum absolute atomic E-state index is 0.240. The standard InChI is InChI=1S/C4H9BrN2/c1-3(5)2-4(6)7/h3H,2H2,1H3,(H3,6,7). The summed E-state index contributed by atoms with van der Waals surface area (Å²) in [4.78, 5) is 0.338. The van der Waals surface area contributed by atoms with Crippen molar-refractivity contribution in [3.05, 3.63) is 0 Å². The van der Waals surface area contributed by atoms with E-state index < -0.39 is 0 Å². The summed E-state index contributed by atoms with van der Waals surface area (Å²) in [7, 11) is 0. The number of nitrogens with two attached hydrogens (primary N) is 1. The lowest BCUT2D eigenvalue weighted by molar-refractivity contribution is 1.02. The minimum Gasteiger partial charge on any atom is -0.388 e. The zero-order valence-corrected chi connectivity index (χ0v) is 5.83. The van der Waals surface area contributed by atoms with Gasteiger partial charge in [-0.3, -0.25) is 5.41 Å². The number of amidine groups is 1. The Kier molecular flexibility index (Phi) is 3.00. The van der Waals surface area contributed by atoms with Gasteiger partial charge in [-0.25, -0.2) is 0 Å². The zero-order valence-electron chi connectivity index (χ0n) is 4.24. The first-order chi connectivity index (χ1) is 3.13. The van der Waals surface area contributed by atoms with E-state index in [0.29, 0.717) is 11.2 Å². The predicted molar refractivity (Wildman–Crippen MR) is 34.9 cm³/mol. The van der Waals surface area contributed by atoms with Crippen LogP contribution in [0.5, 0.6) is 0 Å². The predicted octanol–water partition coefficient (Wildman–Crippen LogP) is 1.10. The van der Waals surface area contributed by atoms with Gasteiger partial charge in [0.25, 0.3) is 0 Å². The molecule has 0 aliphatic heterocycles. The highest BCUT2D eigenvalue weighted by molar-refractivity contribution is 9.09. The van der Waals surface area contributed by atoms with Gasteiger partial charge < -0.3 is 5.73 Å². The Morgan fingerprint density at radius 1 is 2.00 bits per heavy atom. The van der Waals surface area contributed by atoms with Gasteiger partial charge in [0.1, 0.15) is 0 Å². The average molecular weight is 165 g/mol. The van der Waals surface area contributed by atoms with E-state index in [9.17, 15) is 0 Å². The van der Waals surface area contributed by atoms with Gasteiger partial charge >= 0.3 is 0 Å². The largest absolute Gasteiger partial charge is 0.388 e. The molecule has 0 saturated heterocycles. The third kappa shape index (κ3) is 5.95. The van der Waals surface area contributed by atoms with Crippen molar-refractivity contribution in [1.29, 1.82) is 5.41 Å². The van der Waals surface area contributed by atoms with Gasteiger partial charge in [-0.1, -0.05) is 22.9 Å². The van der Waals surface area contributed by atoms with Crippen molar-refractivity contribution in [2.24, 2.45) is 5.73 Å². The van der Waals surface area contributed by atoms with Crippen LogP contribution in [-0.2, 0) is 0 Å². The number of halogens is 1. The van der Waals surface area contributed by atoms with Crippen LogP contribution < -0.4 is 5.73 Å². The molecule has 0 aromatic carbocycles. The van der Waals surface area contributed by atoms with E-state index in [1.807, 2.05) is 6.92 Å². The summed E-state index contributed by atoms with van der Waals surface area (Å²) in [5.74, 6) is 0.240. The molecule has 1 atom stereocenters. The van der Waals surface area contributed by atoms with E-state index in [1.54, 1.807) is 0 Å². The van der Waals surface area contributed by atoms with Gasteiger partial charge in [-0.15, -0.1) is 0 Å². The maximum atomic E-state index is 6.77. The topological polar surface area (TPSA) is 49.9 Å². The molecule has 2 nitrogen and oxygen atoms in total. The number of hydrogen-bond acceptors (Lipinski definition) is 1. The van der Waals surface area contributed by atoms with Crippen LogP contribution in [0.1, 0.15) is 13.3 Å². The summed E-state index contributed by atoms with van der Waals surface area (Å²) < 4.78 is 0. The Balaban J connectivity index is 3.13. The molecule has 0 heterocycles. The Morgan fingerprint density at radius 3 is 2.43 bits per heavy atom. The Hall–Kier alpha value is -0.0500. The van der Waals surface area contributed by atoms with E-state index in [2.05, 4.69) is 15.9 Å². The first-order valence-electron chi connectivity index (χ1n) is 2.10. The van der Waals surface area contributed by atoms with Crippen LogP contribution in [0, 0.1) is 5.41 Å². The van der Waals surface area contributed by atoms with E-state index in [4.69, 9.17) is 11.1 Å². The van der Waals surface area contributed by atoms with Crippen molar-refractivity contribution in [3.63, 3.8) is 0 Å². The molecule has 0 amide bonds. The second kappa shape index (κ2) is 3.02. The molecule has 0 aliphatic carbocycles. The van der Waals surface area contributed by atoms with E-state index in [-0.39, 0.29) is 5.84 Å². The molecule has 0 rings (SSSR count). The normalized spacial score (nSPS) is 13.4. The van der Waals surface area contributed by atoms with Gasteiger partial charge in [0.15, 0.2) is 0 Å². The summed E-state index contributed by atoms with van der Waals surface area (Å²) in [6.07, 6.45) is 0.639. The Labute approximate surface area is 51.7 Å². The molecule has 1 unspecified atom stereocenters. The monoisotopic (exact) mass is 164 g/mol. The van der Waals surface area contributed by atoms with Crippen LogP contribution in [0.4, 0.5) is 0 Å². The van der Waals surface area contributed by atoms with Crippen molar-refractivity contribution in [3.8, 4) is 0 Å². The molecule has 7 heavy (non-hydrogen) atoms. The molecule has 0 fully saturated rings. The number of alkyl halides is 1. The van der Waals surface area contributed by atoms with Gasteiger partial charge in [-0.05, 0) is 0 Å². The van der Waals surface area contributed by atoms with Crippen LogP contribution in [0.25, 0.3) is 0 Å². The van der Waals surface area contributed by atoms with Crippen molar-refractivity contribution < 1.29 is 0 Å². The first-order valence-corrected chi connectivity index (χ1v) is 3.01. The maximum Gasteiger partial charge on any atom is 0.0916 e. The zero-order chi connectivity index (χ0) is 5.86. The van der Waals surface area contributed by atoms with Crippen LogP contribution in [0.15, 0.2) is 0 Å². The molecule has 0 spiro atoms. The summed E-state index contributed by atoms with van der Waals surface area (Å²) in [5, 5.41) is 6.77. The first kappa shape index (κ1) is 6.95. The van der Waals surface area contributed by atoms with Crippen molar-refractivity contribution in [1.82, 2.24) is 0 Å². The molecule has 3 heteroatoms. The van der Waals surface area contributed by atoms with Crippen LogP contribution in [-0.4, -0.2) is 10.7 Å². The lowest BCUT2D eigenvalue weighted by Crippen LogP contribution is -2.12. The molecule has 0 radical (unpaired) electrons. The molecule has 0 aromatic heterocycles. The van der Waals surface area contributed by atoms with Crippen LogP contribution in [0.2, 0.25) is 0 Å². The van der Waals surface area contributed by atoms with Gasteiger partial charge in [0.2, 0.25) is 0 Å². The Morgan fingerprint density at radius 2 is 2.43 bits per heavy atom. The number of nitrogens with one attached hydrogen (secondary N) is 1. The molecule has 0 aromatic rings. The van der Waals surface area contributed by atoms with Gasteiger partial charge in [0, 0.05) is 11.2 Å². The molecule has 0 aliphatic rings. The van der Waals surface area contributed by atoms with E-state index >= 15 is 0 Å². The summed E-state index contributed by atoms with van der Waals surface area (Å²) in [6.45, 7) is 1.96. The fourth-order valence-corrected chi connectivity index (χ4v) is 0.652. The molecular formula is C4H9BrN2. The smallest absolute Gasteiger partial charge is 0.0916 e. The summed E-state index contributed by atoms with van der Waals surface area (Å²) >= 11 is 3.25. The minimum atomic E-state index is 0.240.